The van der Waals surface area contributed by atoms with E-state index in [2.05, 4.69) is 21.5 Å². The Morgan fingerprint density at radius 1 is 1.07 bits per heavy atom. The number of sulfonamides is 1. The standard InChI is InChI=1S/C20H21ClN4O2S/c1-14-5-4-12-25(13-14)20-19(22-17-6-2-3-7-18(17)23-20)24-28(26,27)16-10-8-15(21)9-11-16/h2-3,6-11,14H,4-5,12-13H2,1H3,(H,22,24)/t14-/m0/s1. The summed E-state index contributed by atoms with van der Waals surface area (Å²) in [5, 5.41) is 0.479. The fourth-order valence-corrected chi connectivity index (χ4v) is 4.59. The lowest BCUT2D eigenvalue weighted by Gasteiger charge is -2.32. The van der Waals surface area contributed by atoms with Gasteiger partial charge >= 0.3 is 0 Å². The number of hydrogen-bond donors (Lipinski definition) is 1. The number of para-hydroxylation sites is 2. The average Bonchev–Trinajstić information content (AvgIpc) is 2.67. The molecule has 0 aliphatic carbocycles. The zero-order valence-electron chi connectivity index (χ0n) is 15.5. The molecule has 2 heterocycles. The maximum absolute atomic E-state index is 12.9. The first-order valence-electron chi connectivity index (χ1n) is 9.22. The Labute approximate surface area is 169 Å². The van der Waals surface area contributed by atoms with Crippen LogP contribution in [0.25, 0.3) is 11.0 Å². The highest BCUT2D eigenvalue weighted by Gasteiger charge is 2.25. The summed E-state index contributed by atoms with van der Waals surface area (Å²) in [5.74, 6) is 1.34. The lowest BCUT2D eigenvalue weighted by Crippen LogP contribution is -2.35. The van der Waals surface area contributed by atoms with E-state index in [0.717, 1.165) is 31.4 Å². The van der Waals surface area contributed by atoms with Crippen molar-refractivity contribution >= 4 is 44.3 Å². The molecule has 8 heteroatoms. The van der Waals surface area contributed by atoms with Crippen molar-refractivity contribution in [2.24, 2.45) is 5.92 Å². The fraction of sp³-hybridized carbons (Fsp3) is 0.300. The highest BCUT2D eigenvalue weighted by molar-refractivity contribution is 7.92. The molecule has 6 nitrogen and oxygen atoms in total. The SMILES string of the molecule is C[C@H]1CCCN(c2nc3ccccc3nc2NS(=O)(=O)c2ccc(Cl)cc2)C1. The summed E-state index contributed by atoms with van der Waals surface area (Å²) in [4.78, 5) is 11.6. The summed E-state index contributed by atoms with van der Waals surface area (Å²) in [6.07, 6.45) is 2.20. The minimum absolute atomic E-state index is 0.129. The number of hydrogen-bond acceptors (Lipinski definition) is 5. The van der Waals surface area contributed by atoms with Crippen molar-refractivity contribution in [3.63, 3.8) is 0 Å². The van der Waals surface area contributed by atoms with E-state index in [-0.39, 0.29) is 10.7 Å². The maximum Gasteiger partial charge on any atom is 0.263 e. The lowest BCUT2D eigenvalue weighted by molar-refractivity contribution is 0.445. The molecule has 1 aliphatic rings. The van der Waals surface area contributed by atoms with Crippen LogP contribution in [0.15, 0.2) is 53.4 Å². The average molecular weight is 417 g/mol. The predicted octanol–water partition coefficient (Wildman–Crippen LogP) is 4.32. The molecular weight excluding hydrogens is 396 g/mol. The van der Waals surface area contributed by atoms with Gasteiger partial charge in [0.15, 0.2) is 11.6 Å². The molecule has 0 bridgehead atoms. The van der Waals surface area contributed by atoms with Crippen LogP contribution in [0.5, 0.6) is 0 Å². The highest BCUT2D eigenvalue weighted by atomic mass is 35.5. The monoisotopic (exact) mass is 416 g/mol. The third-order valence-electron chi connectivity index (χ3n) is 4.86. The first-order valence-corrected chi connectivity index (χ1v) is 11.1. The molecule has 0 amide bonds. The molecule has 0 unspecified atom stereocenters. The Kier molecular flexibility index (Phi) is 5.12. The van der Waals surface area contributed by atoms with Crippen molar-refractivity contribution in [2.75, 3.05) is 22.7 Å². The van der Waals surface area contributed by atoms with Crippen LogP contribution in [0.2, 0.25) is 5.02 Å². The Bertz CT molecular complexity index is 1100. The van der Waals surface area contributed by atoms with Gasteiger partial charge in [0.05, 0.1) is 15.9 Å². The van der Waals surface area contributed by atoms with E-state index >= 15 is 0 Å². The summed E-state index contributed by atoms with van der Waals surface area (Å²) in [6.45, 7) is 3.84. The lowest BCUT2D eigenvalue weighted by atomic mass is 10.0. The van der Waals surface area contributed by atoms with E-state index in [4.69, 9.17) is 16.6 Å². The molecule has 1 fully saturated rings. The molecule has 0 radical (unpaired) electrons. The van der Waals surface area contributed by atoms with E-state index in [1.165, 1.54) is 12.1 Å². The van der Waals surface area contributed by atoms with Crippen LogP contribution in [-0.4, -0.2) is 31.5 Å². The van der Waals surface area contributed by atoms with E-state index in [1.807, 2.05) is 24.3 Å². The number of anilines is 2. The quantitative estimate of drug-likeness (QED) is 0.685. The second kappa shape index (κ2) is 7.56. The number of aromatic nitrogens is 2. The van der Waals surface area contributed by atoms with Crippen LogP contribution in [0.4, 0.5) is 11.6 Å². The van der Waals surface area contributed by atoms with Crippen LogP contribution >= 0.6 is 11.6 Å². The Morgan fingerprint density at radius 2 is 1.75 bits per heavy atom. The summed E-state index contributed by atoms with van der Waals surface area (Å²) in [7, 11) is -3.81. The molecule has 0 saturated carbocycles. The zero-order chi connectivity index (χ0) is 19.7. The Balaban J connectivity index is 1.78. The number of halogens is 1. The van der Waals surface area contributed by atoms with Gasteiger partial charge in [-0.3, -0.25) is 4.72 Å². The fourth-order valence-electron chi connectivity index (χ4n) is 3.46. The number of nitrogens with one attached hydrogen (secondary N) is 1. The third kappa shape index (κ3) is 3.91. The maximum atomic E-state index is 12.9. The van der Waals surface area contributed by atoms with Crippen LogP contribution in [-0.2, 0) is 10.0 Å². The number of fused-ring (bicyclic) bond motifs is 1. The van der Waals surface area contributed by atoms with E-state index in [9.17, 15) is 8.42 Å². The van der Waals surface area contributed by atoms with Gasteiger partial charge in [0.2, 0.25) is 0 Å². The third-order valence-corrected chi connectivity index (χ3v) is 6.47. The van der Waals surface area contributed by atoms with Gasteiger partial charge < -0.3 is 4.90 Å². The van der Waals surface area contributed by atoms with Gasteiger partial charge in [-0.1, -0.05) is 30.7 Å². The minimum atomic E-state index is -3.81. The van der Waals surface area contributed by atoms with Gasteiger partial charge in [0.1, 0.15) is 0 Å². The Hall–Kier alpha value is -2.38. The molecule has 2 aromatic carbocycles. The van der Waals surface area contributed by atoms with Crippen LogP contribution in [0.3, 0.4) is 0 Å². The number of piperidine rings is 1. The van der Waals surface area contributed by atoms with Crippen molar-refractivity contribution in [2.45, 2.75) is 24.7 Å². The summed E-state index contributed by atoms with van der Waals surface area (Å²) in [6, 6.07) is 13.5. The molecule has 1 aromatic heterocycles. The van der Waals surface area contributed by atoms with Crippen molar-refractivity contribution in [1.29, 1.82) is 0 Å². The van der Waals surface area contributed by atoms with Crippen molar-refractivity contribution in [3.05, 3.63) is 53.6 Å². The molecule has 3 aromatic rings. The molecule has 146 valence electrons. The Morgan fingerprint density at radius 3 is 2.43 bits per heavy atom. The van der Waals surface area contributed by atoms with E-state index in [0.29, 0.717) is 22.3 Å². The predicted molar refractivity (Wildman–Crippen MR) is 112 cm³/mol. The second-order valence-corrected chi connectivity index (χ2v) is 9.26. The zero-order valence-corrected chi connectivity index (χ0v) is 17.0. The molecule has 1 aliphatic heterocycles. The molecular formula is C20H21ClN4O2S. The first-order chi connectivity index (χ1) is 13.4. The molecule has 4 rings (SSSR count). The first kappa shape index (κ1) is 19.0. The highest BCUT2D eigenvalue weighted by Crippen LogP contribution is 2.30. The summed E-state index contributed by atoms with van der Waals surface area (Å²) in [5.41, 5.74) is 1.38. The number of benzene rings is 2. The number of rotatable bonds is 4. The second-order valence-electron chi connectivity index (χ2n) is 7.14. The van der Waals surface area contributed by atoms with Gasteiger partial charge in [-0.05, 0) is 55.2 Å². The molecule has 1 saturated heterocycles. The van der Waals surface area contributed by atoms with E-state index < -0.39 is 10.0 Å². The number of nitrogens with zero attached hydrogens (tertiary/aromatic N) is 3. The van der Waals surface area contributed by atoms with Gasteiger partial charge in [-0.2, -0.15) is 0 Å². The summed E-state index contributed by atoms with van der Waals surface area (Å²) < 4.78 is 28.5. The van der Waals surface area contributed by atoms with Gasteiger partial charge in [-0.25, -0.2) is 18.4 Å². The normalized spacial score (nSPS) is 17.6. The smallest absolute Gasteiger partial charge is 0.263 e. The largest absolute Gasteiger partial charge is 0.353 e. The van der Waals surface area contributed by atoms with Gasteiger partial charge in [0, 0.05) is 18.1 Å². The van der Waals surface area contributed by atoms with Crippen LogP contribution < -0.4 is 9.62 Å². The van der Waals surface area contributed by atoms with Crippen molar-refractivity contribution in [1.82, 2.24) is 9.97 Å². The molecule has 1 N–H and O–H groups in total. The molecule has 0 spiro atoms. The van der Waals surface area contributed by atoms with E-state index in [1.54, 1.807) is 12.1 Å². The summed E-state index contributed by atoms with van der Waals surface area (Å²) >= 11 is 5.88. The van der Waals surface area contributed by atoms with Crippen molar-refractivity contribution < 1.29 is 8.42 Å². The van der Waals surface area contributed by atoms with Crippen LogP contribution in [0.1, 0.15) is 19.8 Å². The van der Waals surface area contributed by atoms with Gasteiger partial charge in [0.25, 0.3) is 10.0 Å². The molecule has 1 atom stereocenters. The minimum Gasteiger partial charge on any atom is -0.353 e. The molecule has 28 heavy (non-hydrogen) atoms. The van der Waals surface area contributed by atoms with Crippen molar-refractivity contribution in [3.8, 4) is 0 Å². The topological polar surface area (TPSA) is 75.2 Å². The van der Waals surface area contributed by atoms with Gasteiger partial charge in [-0.15, -0.1) is 0 Å². The van der Waals surface area contributed by atoms with Crippen LogP contribution in [0, 0.1) is 5.92 Å².